The highest BCUT2D eigenvalue weighted by molar-refractivity contribution is 6.09. The SMILES string of the molecule is CNc1ccc(NC(=O)c2c(O)c3ccccc3n(C)c2=O)cc1. The number of amides is 1. The van der Waals surface area contributed by atoms with E-state index in [0.29, 0.717) is 16.6 Å². The fourth-order valence-electron chi connectivity index (χ4n) is 2.60. The molecule has 0 aliphatic rings. The van der Waals surface area contributed by atoms with E-state index < -0.39 is 11.5 Å². The van der Waals surface area contributed by atoms with Gasteiger partial charge in [0, 0.05) is 30.9 Å². The third-order valence-corrected chi connectivity index (χ3v) is 3.93. The van der Waals surface area contributed by atoms with E-state index in [2.05, 4.69) is 10.6 Å². The van der Waals surface area contributed by atoms with Crippen molar-refractivity contribution >= 4 is 28.2 Å². The summed E-state index contributed by atoms with van der Waals surface area (Å²) >= 11 is 0. The summed E-state index contributed by atoms with van der Waals surface area (Å²) in [5.74, 6) is -0.950. The molecule has 122 valence electrons. The lowest BCUT2D eigenvalue weighted by atomic mass is 10.1. The van der Waals surface area contributed by atoms with Crippen molar-refractivity contribution in [3.05, 3.63) is 64.4 Å². The molecule has 0 saturated carbocycles. The Morgan fingerprint density at radius 2 is 1.67 bits per heavy atom. The number of benzene rings is 2. The van der Waals surface area contributed by atoms with E-state index in [1.165, 1.54) is 4.57 Å². The van der Waals surface area contributed by atoms with Gasteiger partial charge in [-0.05, 0) is 36.4 Å². The zero-order chi connectivity index (χ0) is 17.3. The maximum absolute atomic E-state index is 12.5. The largest absolute Gasteiger partial charge is 0.506 e. The molecule has 0 aliphatic carbocycles. The summed E-state index contributed by atoms with van der Waals surface area (Å²) in [5, 5.41) is 16.5. The van der Waals surface area contributed by atoms with Crippen molar-refractivity contribution in [2.24, 2.45) is 7.05 Å². The quantitative estimate of drug-likeness (QED) is 0.692. The molecule has 3 aromatic rings. The molecule has 3 rings (SSSR count). The Labute approximate surface area is 138 Å². The van der Waals surface area contributed by atoms with Gasteiger partial charge in [-0.1, -0.05) is 12.1 Å². The standard InChI is InChI=1S/C18H17N3O3/c1-19-11-7-9-12(10-8-11)20-17(23)15-16(22)13-5-3-4-6-14(13)21(2)18(15)24/h3-10,19,22H,1-2H3,(H,20,23). The molecule has 6 nitrogen and oxygen atoms in total. The maximum atomic E-state index is 12.5. The lowest BCUT2D eigenvalue weighted by molar-refractivity contribution is 0.102. The van der Waals surface area contributed by atoms with Crippen LogP contribution in [0.4, 0.5) is 11.4 Å². The smallest absolute Gasteiger partial charge is 0.267 e. The van der Waals surface area contributed by atoms with Gasteiger partial charge in [-0.2, -0.15) is 0 Å². The van der Waals surface area contributed by atoms with Gasteiger partial charge in [0.15, 0.2) is 0 Å². The van der Waals surface area contributed by atoms with Gasteiger partial charge in [0.1, 0.15) is 11.3 Å². The normalized spacial score (nSPS) is 10.6. The molecular weight excluding hydrogens is 306 g/mol. The molecule has 0 fully saturated rings. The maximum Gasteiger partial charge on any atom is 0.267 e. The fraction of sp³-hybridized carbons (Fsp3) is 0.111. The Kier molecular flexibility index (Phi) is 3.95. The fourth-order valence-corrected chi connectivity index (χ4v) is 2.60. The van der Waals surface area contributed by atoms with Gasteiger partial charge in [-0.3, -0.25) is 9.59 Å². The minimum atomic E-state index is -0.643. The number of rotatable bonds is 3. The summed E-state index contributed by atoms with van der Waals surface area (Å²) in [5.41, 5.74) is 1.19. The molecule has 0 radical (unpaired) electrons. The van der Waals surface area contributed by atoms with Crippen LogP contribution in [0.2, 0.25) is 0 Å². The third kappa shape index (κ3) is 2.58. The molecular formula is C18H17N3O3. The number of para-hydroxylation sites is 1. The summed E-state index contributed by atoms with van der Waals surface area (Å²) < 4.78 is 1.36. The molecule has 24 heavy (non-hydrogen) atoms. The number of hydrogen-bond acceptors (Lipinski definition) is 4. The second-order valence-electron chi connectivity index (χ2n) is 5.39. The first kappa shape index (κ1) is 15.6. The van der Waals surface area contributed by atoms with Gasteiger partial charge in [0.25, 0.3) is 11.5 Å². The molecule has 0 unspecified atom stereocenters. The zero-order valence-electron chi connectivity index (χ0n) is 13.3. The Balaban J connectivity index is 2.05. The van der Waals surface area contributed by atoms with Crippen LogP contribution in [-0.2, 0) is 7.05 Å². The lowest BCUT2D eigenvalue weighted by Crippen LogP contribution is -2.28. The van der Waals surface area contributed by atoms with E-state index in [1.807, 2.05) is 0 Å². The number of aryl methyl sites for hydroxylation is 1. The predicted molar refractivity (Wildman–Crippen MR) is 94.8 cm³/mol. The van der Waals surface area contributed by atoms with Gasteiger partial charge < -0.3 is 20.3 Å². The first-order valence-electron chi connectivity index (χ1n) is 7.42. The molecule has 0 spiro atoms. The number of nitrogens with one attached hydrogen (secondary N) is 2. The summed E-state index contributed by atoms with van der Waals surface area (Å²) in [6.07, 6.45) is 0. The van der Waals surface area contributed by atoms with E-state index in [-0.39, 0.29) is 11.3 Å². The number of hydrogen-bond donors (Lipinski definition) is 3. The van der Waals surface area contributed by atoms with Crippen molar-refractivity contribution in [3.63, 3.8) is 0 Å². The van der Waals surface area contributed by atoms with E-state index in [0.717, 1.165) is 5.69 Å². The molecule has 0 bridgehead atoms. The van der Waals surface area contributed by atoms with Crippen molar-refractivity contribution < 1.29 is 9.90 Å². The monoisotopic (exact) mass is 323 g/mol. The van der Waals surface area contributed by atoms with Crippen LogP contribution in [0.5, 0.6) is 5.75 Å². The van der Waals surface area contributed by atoms with Crippen molar-refractivity contribution in [1.82, 2.24) is 4.57 Å². The predicted octanol–water partition coefficient (Wildman–Crippen LogP) is 2.54. The highest BCUT2D eigenvalue weighted by Crippen LogP contribution is 2.26. The van der Waals surface area contributed by atoms with Gasteiger partial charge >= 0.3 is 0 Å². The van der Waals surface area contributed by atoms with Gasteiger partial charge in [-0.15, -0.1) is 0 Å². The molecule has 0 saturated heterocycles. The third-order valence-electron chi connectivity index (χ3n) is 3.93. The number of pyridine rings is 1. The van der Waals surface area contributed by atoms with Crippen LogP contribution < -0.4 is 16.2 Å². The molecule has 1 aromatic heterocycles. The van der Waals surface area contributed by atoms with Crippen LogP contribution in [0.1, 0.15) is 10.4 Å². The summed E-state index contributed by atoms with van der Waals surface area (Å²) in [6, 6.07) is 13.9. The molecule has 2 aromatic carbocycles. The summed E-state index contributed by atoms with van der Waals surface area (Å²) in [7, 11) is 3.37. The molecule has 1 heterocycles. The lowest BCUT2D eigenvalue weighted by Gasteiger charge is -2.12. The molecule has 0 atom stereocenters. The summed E-state index contributed by atoms with van der Waals surface area (Å²) in [4.78, 5) is 25.0. The first-order valence-corrected chi connectivity index (χ1v) is 7.42. The number of anilines is 2. The van der Waals surface area contributed by atoms with Crippen LogP contribution in [0.25, 0.3) is 10.9 Å². The molecule has 1 amide bonds. The van der Waals surface area contributed by atoms with Gasteiger partial charge in [0.2, 0.25) is 0 Å². The average Bonchev–Trinajstić information content (AvgIpc) is 2.60. The highest BCUT2D eigenvalue weighted by atomic mass is 16.3. The second-order valence-corrected chi connectivity index (χ2v) is 5.39. The van der Waals surface area contributed by atoms with Crippen LogP contribution in [0, 0.1) is 0 Å². The van der Waals surface area contributed by atoms with Crippen LogP contribution in [0.3, 0.4) is 0 Å². The molecule has 6 heteroatoms. The number of aromatic nitrogens is 1. The summed E-state index contributed by atoms with van der Waals surface area (Å²) in [6.45, 7) is 0. The van der Waals surface area contributed by atoms with Crippen molar-refractivity contribution in [2.45, 2.75) is 0 Å². The van der Waals surface area contributed by atoms with E-state index >= 15 is 0 Å². The zero-order valence-corrected chi connectivity index (χ0v) is 13.3. The Hall–Kier alpha value is -3.28. The topological polar surface area (TPSA) is 83.4 Å². The minimum absolute atomic E-state index is 0.270. The van der Waals surface area contributed by atoms with Gasteiger partial charge in [-0.25, -0.2) is 0 Å². The van der Waals surface area contributed by atoms with Crippen LogP contribution in [-0.4, -0.2) is 22.6 Å². The Morgan fingerprint density at radius 3 is 2.33 bits per heavy atom. The Morgan fingerprint density at radius 1 is 1.04 bits per heavy atom. The van der Waals surface area contributed by atoms with Crippen molar-refractivity contribution in [3.8, 4) is 5.75 Å². The van der Waals surface area contributed by atoms with Gasteiger partial charge in [0.05, 0.1) is 5.52 Å². The van der Waals surface area contributed by atoms with E-state index in [4.69, 9.17) is 0 Å². The number of carbonyl (C=O) groups excluding carboxylic acids is 1. The van der Waals surface area contributed by atoms with Crippen LogP contribution >= 0.6 is 0 Å². The second kappa shape index (κ2) is 6.08. The van der Waals surface area contributed by atoms with E-state index in [9.17, 15) is 14.7 Å². The number of nitrogens with zero attached hydrogens (tertiary/aromatic N) is 1. The van der Waals surface area contributed by atoms with Crippen LogP contribution in [0.15, 0.2) is 53.3 Å². The molecule has 0 aliphatic heterocycles. The van der Waals surface area contributed by atoms with Crippen molar-refractivity contribution in [1.29, 1.82) is 0 Å². The highest BCUT2D eigenvalue weighted by Gasteiger charge is 2.21. The number of carbonyl (C=O) groups is 1. The minimum Gasteiger partial charge on any atom is -0.506 e. The van der Waals surface area contributed by atoms with E-state index in [1.54, 1.807) is 62.6 Å². The number of fused-ring (bicyclic) bond motifs is 1. The first-order chi connectivity index (χ1) is 11.5. The average molecular weight is 323 g/mol. The Bertz CT molecular complexity index is 975. The molecule has 3 N–H and O–H groups in total. The van der Waals surface area contributed by atoms with Crippen molar-refractivity contribution in [2.75, 3.05) is 17.7 Å². The number of aromatic hydroxyl groups is 1.